The van der Waals surface area contributed by atoms with Gasteiger partial charge in [-0.15, -0.1) is 10.2 Å². The third kappa shape index (κ3) is 3.91. The van der Waals surface area contributed by atoms with Crippen molar-refractivity contribution in [2.24, 2.45) is 0 Å². The van der Waals surface area contributed by atoms with Gasteiger partial charge in [-0.3, -0.25) is 4.79 Å². The van der Waals surface area contributed by atoms with Gasteiger partial charge in [0.2, 0.25) is 5.91 Å². The Morgan fingerprint density at radius 3 is 2.96 bits per heavy atom. The van der Waals surface area contributed by atoms with Gasteiger partial charge in [0, 0.05) is 27.3 Å². The Balaban J connectivity index is 1.41. The second kappa shape index (κ2) is 7.58. The van der Waals surface area contributed by atoms with E-state index in [1.54, 1.807) is 0 Å². The molecule has 0 unspecified atom stereocenters. The van der Waals surface area contributed by atoms with Gasteiger partial charge in [0.25, 0.3) is 11.1 Å². The quantitative estimate of drug-likeness (QED) is 0.423. The summed E-state index contributed by atoms with van der Waals surface area (Å²) in [5.74, 6) is 0.488. The first kappa shape index (κ1) is 17.8. The first-order valence-corrected chi connectivity index (χ1v) is 9.97. The molecule has 2 aromatic heterocycles. The molecule has 0 radical (unpaired) electrons. The van der Waals surface area contributed by atoms with Crippen molar-refractivity contribution in [2.75, 3.05) is 11.1 Å². The van der Waals surface area contributed by atoms with Crippen molar-refractivity contribution < 1.29 is 9.21 Å². The smallest absolute Gasteiger partial charge is 0.277 e. The van der Waals surface area contributed by atoms with E-state index < -0.39 is 0 Å². The normalized spacial score (nSPS) is 11.0. The highest BCUT2D eigenvalue weighted by molar-refractivity contribution is 9.10. The number of hydrogen-bond donors (Lipinski definition) is 2. The van der Waals surface area contributed by atoms with Crippen LogP contribution in [-0.2, 0) is 4.79 Å². The molecule has 0 spiro atoms. The van der Waals surface area contributed by atoms with E-state index in [1.165, 1.54) is 11.8 Å². The van der Waals surface area contributed by atoms with Crippen LogP contribution in [0.25, 0.3) is 22.4 Å². The molecule has 0 aliphatic carbocycles. The Morgan fingerprint density at radius 1 is 1.26 bits per heavy atom. The van der Waals surface area contributed by atoms with E-state index in [0.717, 1.165) is 32.2 Å². The summed E-state index contributed by atoms with van der Waals surface area (Å²) in [5, 5.41) is 12.4. The van der Waals surface area contributed by atoms with E-state index in [4.69, 9.17) is 4.42 Å². The predicted octanol–water partition coefficient (Wildman–Crippen LogP) is 5.02. The fourth-order valence-corrected chi connectivity index (χ4v) is 3.75. The predicted molar refractivity (Wildman–Crippen MR) is 110 cm³/mol. The first-order valence-electron chi connectivity index (χ1n) is 8.19. The Labute approximate surface area is 167 Å². The fraction of sp³-hybridized carbons (Fsp3) is 0.105. The molecule has 0 aliphatic heterocycles. The maximum atomic E-state index is 12.2. The number of para-hydroxylation sites is 1. The van der Waals surface area contributed by atoms with Crippen LogP contribution in [0.3, 0.4) is 0 Å². The van der Waals surface area contributed by atoms with Crippen molar-refractivity contribution in [3.05, 3.63) is 58.7 Å². The number of halogens is 1. The summed E-state index contributed by atoms with van der Waals surface area (Å²) in [5.41, 5.74) is 3.62. The van der Waals surface area contributed by atoms with Gasteiger partial charge in [0.05, 0.1) is 11.3 Å². The van der Waals surface area contributed by atoms with Gasteiger partial charge >= 0.3 is 0 Å². The number of fused-ring (bicyclic) bond motifs is 1. The average Bonchev–Trinajstić information content (AvgIpc) is 3.29. The van der Waals surface area contributed by atoms with Crippen LogP contribution in [0.4, 0.5) is 5.69 Å². The lowest BCUT2D eigenvalue weighted by molar-refractivity contribution is -0.113. The van der Waals surface area contributed by atoms with Crippen LogP contribution in [-0.4, -0.2) is 26.8 Å². The Morgan fingerprint density at radius 2 is 2.11 bits per heavy atom. The number of amides is 1. The van der Waals surface area contributed by atoms with Gasteiger partial charge in [0.15, 0.2) is 0 Å². The number of thioether (sulfide) groups is 1. The third-order valence-electron chi connectivity index (χ3n) is 4.02. The molecule has 27 heavy (non-hydrogen) atoms. The molecule has 0 bridgehead atoms. The minimum absolute atomic E-state index is 0.128. The maximum Gasteiger partial charge on any atom is 0.277 e. The molecule has 0 saturated heterocycles. The molecule has 0 aliphatic rings. The molecule has 0 atom stereocenters. The van der Waals surface area contributed by atoms with Crippen LogP contribution in [0.15, 0.2) is 62.8 Å². The lowest BCUT2D eigenvalue weighted by Crippen LogP contribution is -2.14. The fourth-order valence-electron chi connectivity index (χ4n) is 2.71. The van der Waals surface area contributed by atoms with Crippen molar-refractivity contribution >= 4 is 50.2 Å². The number of rotatable bonds is 5. The van der Waals surface area contributed by atoms with E-state index in [2.05, 4.69) is 36.4 Å². The van der Waals surface area contributed by atoms with Crippen LogP contribution >= 0.6 is 27.7 Å². The number of benzene rings is 2. The number of H-pyrrole nitrogens is 1. The van der Waals surface area contributed by atoms with Crippen molar-refractivity contribution in [1.29, 1.82) is 0 Å². The third-order valence-corrected chi connectivity index (χ3v) is 5.33. The van der Waals surface area contributed by atoms with E-state index in [9.17, 15) is 4.79 Å². The van der Waals surface area contributed by atoms with Crippen molar-refractivity contribution in [3.8, 4) is 11.5 Å². The number of aromatic amines is 1. The molecule has 4 rings (SSSR count). The number of carbonyl (C=O) groups excluding carboxylic acids is 1. The van der Waals surface area contributed by atoms with Crippen molar-refractivity contribution in [2.45, 2.75) is 12.1 Å². The molecule has 6 nitrogen and oxygen atoms in total. The molecular formula is C19H15BrN4O2S. The van der Waals surface area contributed by atoms with Gasteiger partial charge in [-0.1, -0.05) is 45.9 Å². The van der Waals surface area contributed by atoms with Crippen LogP contribution in [0.1, 0.15) is 5.56 Å². The Bertz CT molecular complexity index is 1120. The molecule has 0 saturated carbocycles. The monoisotopic (exact) mass is 442 g/mol. The summed E-state index contributed by atoms with van der Waals surface area (Å²) >= 11 is 4.62. The zero-order chi connectivity index (χ0) is 18.8. The van der Waals surface area contributed by atoms with Gasteiger partial charge in [-0.25, -0.2) is 0 Å². The Kier molecular flexibility index (Phi) is 5.00. The minimum atomic E-state index is -0.128. The highest BCUT2D eigenvalue weighted by Crippen LogP contribution is 2.29. The molecule has 4 aromatic rings. The first-order chi connectivity index (χ1) is 13.1. The molecule has 1 amide bonds. The zero-order valence-electron chi connectivity index (χ0n) is 14.3. The second-order valence-corrected chi connectivity index (χ2v) is 7.76. The second-order valence-electron chi connectivity index (χ2n) is 5.92. The van der Waals surface area contributed by atoms with Crippen molar-refractivity contribution in [1.82, 2.24) is 15.2 Å². The van der Waals surface area contributed by atoms with Crippen LogP contribution in [0.2, 0.25) is 0 Å². The van der Waals surface area contributed by atoms with Crippen LogP contribution in [0.5, 0.6) is 0 Å². The van der Waals surface area contributed by atoms with Crippen LogP contribution < -0.4 is 5.32 Å². The van der Waals surface area contributed by atoms with E-state index >= 15 is 0 Å². The number of aromatic nitrogens is 3. The molecule has 2 aromatic carbocycles. The standard InChI is InChI=1S/C19H15BrN4O2S/c1-11-8-12(20)6-7-15(11)22-17(25)10-27-19-24-23-18(26-19)14-9-21-16-5-3-2-4-13(14)16/h2-9,21H,10H2,1H3,(H,22,25). The molecule has 2 heterocycles. The lowest BCUT2D eigenvalue weighted by Gasteiger charge is -2.07. The van der Waals surface area contributed by atoms with E-state index in [0.29, 0.717) is 11.1 Å². The maximum absolute atomic E-state index is 12.2. The number of hydrogen-bond acceptors (Lipinski definition) is 5. The summed E-state index contributed by atoms with van der Waals surface area (Å²) in [6.07, 6.45) is 1.84. The number of nitrogens with one attached hydrogen (secondary N) is 2. The van der Waals surface area contributed by atoms with Crippen molar-refractivity contribution in [3.63, 3.8) is 0 Å². The molecule has 136 valence electrons. The van der Waals surface area contributed by atoms with Gasteiger partial charge < -0.3 is 14.7 Å². The SMILES string of the molecule is Cc1cc(Br)ccc1NC(=O)CSc1nnc(-c2c[nH]c3ccccc23)o1. The number of aryl methyl sites for hydroxylation is 1. The summed E-state index contributed by atoms with van der Waals surface area (Å²) in [4.78, 5) is 15.4. The molecule has 0 fully saturated rings. The van der Waals surface area contributed by atoms with E-state index in [1.807, 2.05) is 55.6 Å². The number of carbonyl (C=O) groups is 1. The summed E-state index contributed by atoms with van der Waals surface area (Å²) in [6.45, 7) is 1.94. The molecule has 2 N–H and O–H groups in total. The van der Waals surface area contributed by atoms with Crippen LogP contribution in [0, 0.1) is 6.92 Å². The summed E-state index contributed by atoms with van der Waals surface area (Å²) < 4.78 is 6.69. The van der Waals surface area contributed by atoms with E-state index in [-0.39, 0.29) is 11.7 Å². The van der Waals surface area contributed by atoms with Gasteiger partial charge in [0.1, 0.15) is 0 Å². The topological polar surface area (TPSA) is 83.8 Å². The minimum Gasteiger partial charge on any atom is -0.411 e. The van der Waals surface area contributed by atoms with Gasteiger partial charge in [-0.2, -0.15) is 0 Å². The average molecular weight is 443 g/mol. The highest BCUT2D eigenvalue weighted by atomic mass is 79.9. The molecular weight excluding hydrogens is 428 g/mol. The lowest BCUT2D eigenvalue weighted by atomic mass is 10.2. The number of nitrogens with zero attached hydrogens (tertiary/aromatic N) is 2. The largest absolute Gasteiger partial charge is 0.411 e. The summed E-state index contributed by atoms with van der Waals surface area (Å²) in [6, 6.07) is 13.6. The number of anilines is 1. The van der Waals surface area contributed by atoms with Gasteiger partial charge in [-0.05, 0) is 36.8 Å². The summed E-state index contributed by atoms with van der Waals surface area (Å²) in [7, 11) is 0. The molecule has 8 heteroatoms. The highest BCUT2D eigenvalue weighted by Gasteiger charge is 2.14. The Hall–Kier alpha value is -2.58. The zero-order valence-corrected chi connectivity index (χ0v) is 16.7.